The van der Waals surface area contributed by atoms with Gasteiger partial charge in [-0.25, -0.2) is 4.79 Å². The first-order valence-electron chi connectivity index (χ1n) is 6.97. The molecule has 1 amide bonds. The Hall–Kier alpha value is -2.30. The Bertz CT molecular complexity index is 771. The maximum absolute atomic E-state index is 12.0. The molecule has 3 rings (SSSR count). The Kier molecular flexibility index (Phi) is 3.01. The SMILES string of the molecule is CC(C)(C)OC(=O)NC1Cn2c(=O)ccc3cccc1c32. The number of hydrogen-bond donors (Lipinski definition) is 1. The topological polar surface area (TPSA) is 60.3 Å². The minimum atomic E-state index is -0.543. The molecular weight excluding hydrogens is 268 g/mol. The van der Waals surface area contributed by atoms with Crippen LogP contribution in [-0.2, 0) is 11.3 Å². The zero-order valence-electron chi connectivity index (χ0n) is 12.3. The Labute approximate surface area is 122 Å². The number of para-hydroxylation sites is 1. The lowest BCUT2D eigenvalue weighted by molar-refractivity contribution is 0.0501. The van der Waals surface area contributed by atoms with Crippen LogP contribution >= 0.6 is 0 Å². The number of pyridine rings is 1. The van der Waals surface area contributed by atoms with Gasteiger partial charge in [-0.1, -0.05) is 18.2 Å². The highest BCUT2D eigenvalue weighted by molar-refractivity contribution is 5.84. The fourth-order valence-corrected chi connectivity index (χ4v) is 2.70. The molecule has 0 aliphatic carbocycles. The van der Waals surface area contributed by atoms with Gasteiger partial charge in [-0.15, -0.1) is 0 Å². The van der Waals surface area contributed by atoms with Gasteiger partial charge in [-0.2, -0.15) is 0 Å². The quantitative estimate of drug-likeness (QED) is 0.876. The van der Waals surface area contributed by atoms with Crippen LogP contribution in [0.1, 0.15) is 32.4 Å². The smallest absolute Gasteiger partial charge is 0.408 e. The number of alkyl carbamates (subject to hydrolysis) is 1. The second-order valence-corrected chi connectivity index (χ2v) is 6.27. The number of amides is 1. The molecule has 1 aromatic heterocycles. The summed E-state index contributed by atoms with van der Waals surface area (Å²) in [6, 6.07) is 8.97. The summed E-state index contributed by atoms with van der Waals surface area (Å²) < 4.78 is 6.99. The molecule has 0 spiro atoms. The van der Waals surface area contributed by atoms with Crippen LogP contribution in [0.25, 0.3) is 10.9 Å². The zero-order chi connectivity index (χ0) is 15.2. The van der Waals surface area contributed by atoms with Gasteiger partial charge < -0.3 is 14.6 Å². The van der Waals surface area contributed by atoms with E-state index in [2.05, 4.69) is 5.32 Å². The monoisotopic (exact) mass is 286 g/mol. The number of ether oxygens (including phenoxy) is 1. The van der Waals surface area contributed by atoms with Gasteiger partial charge in [0.1, 0.15) is 5.60 Å². The van der Waals surface area contributed by atoms with Gasteiger partial charge in [0.25, 0.3) is 5.56 Å². The van der Waals surface area contributed by atoms with Crippen molar-refractivity contribution >= 4 is 17.0 Å². The van der Waals surface area contributed by atoms with Crippen LogP contribution in [-0.4, -0.2) is 16.3 Å². The van der Waals surface area contributed by atoms with Crippen molar-refractivity contribution in [2.24, 2.45) is 0 Å². The summed E-state index contributed by atoms with van der Waals surface area (Å²) >= 11 is 0. The molecule has 1 N–H and O–H groups in total. The average Bonchev–Trinajstić information content (AvgIpc) is 2.73. The molecule has 2 heterocycles. The predicted molar refractivity (Wildman–Crippen MR) is 80.3 cm³/mol. The Morgan fingerprint density at radius 1 is 1.29 bits per heavy atom. The Morgan fingerprint density at radius 2 is 2.05 bits per heavy atom. The maximum atomic E-state index is 12.0. The van der Waals surface area contributed by atoms with Crippen molar-refractivity contribution in [2.45, 2.75) is 39.0 Å². The number of carbonyl (C=O) groups excluding carboxylic acids is 1. The number of hydrogen-bond acceptors (Lipinski definition) is 3. The van der Waals surface area contributed by atoms with Gasteiger partial charge in [-0.05, 0) is 32.2 Å². The van der Waals surface area contributed by atoms with E-state index < -0.39 is 11.7 Å². The second kappa shape index (κ2) is 4.62. The predicted octanol–water partition coefficient (Wildman–Crippen LogP) is 2.58. The second-order valence-electron chi connectivity index (χ2n) is 6.27. The first-order chi connectivity index (χ1) is 9.85. The average molecular weight is 286 g/mol. The molecule has 5 nitrogen and oxygen atoms in total. The van der Waals surface area contributed by atoms with E-state index in [0.717, 1.165) is 16.5 Å². The van der Waals surface area contributed by atoms with Gasteiger partial charge in [0.15, 0.2) is 0 Å². The molecule has 1 aliphatic rings. The number of benzene rings is 1. The molecule has 0 saturated heterocycles. The van der Waals surface area contributed by atoms with Crippen molar-refractivity contribution in [3.05, 3.63) is 46.2 Å². The van der Waals surface area contributed by atoms with Crippen molar-refractivity contribution in [1.29, 1.82) is 0 Å². The third-order valence-electron chi connectivity index (χ3n) is 3.47. The van der Waals surface area contributed by atoms with Crippen LogP contribution in [0.5, 0.6) is 0 Å². The molecular formula is C16H18N2O3. The number of aromatic nitrogens is 1. The molecule has 2 aromatic rings. The number of nitrogens with one attached hydrogen (secondary N) is 1. The number of nitrogens with zero attached hydrogens (tertiary/aromatic N) is 1. The van der Waals surface area contributed by atoms with Crippen molar-refractivity contribution < 1.29 is 9.53 Å². The van der Waals surface area contributed by atoms with E-state index in [9.17, 15) is 9.59 Å². The van der Waals surface area contributed by atoms with Gasteiger partial charge in [0.05, 0.1) is 18.1 Å². The van der Waals surface area contributed by atoms with E-state index in [4.69, 9.17) is 4.74 Å². The molecule has 21 heavy (non-hydrogen) atoms. The zero-order valence-corrected chi connectivity index (χ0v) is 12.3. The summed E-state index contributed by atoms with van der Waals surface area (Å²) in [6.45, 7) is 5.90. The fraction of sp³-hybridized carbons (Fsp3) is 0.375. The third-order valence-corrected chi connectivity index (χ3v) is 3.47. The first-order valence-corrected chi connectivity index (χ1v) is 6.97. The van der Waals surface area contributed by atoms with E-state index in [1.165, 1.54) is 0 Å². The van der Waals surface area contributed by atoms with Gasteiger partial charge in [-0.3, -0.25) is 4.79 Å². The summed E-state index contributed by atoms with van der Waals surface area (Å²) in [5.41, 5.74) is 1.25. The highest BCUT2D eigenvalue weighted by atomic mass is 16.6. The third kappa shape index (κ3) is 2.51. The summed E-state index contributed by atoms with van der Waals surface area (Å²) in [5.74, 6) is 0. The maximum Gasteiger partial charge on any atom is 0.408 e. The largest absolute Gasteiger partial charge is 0.444 e. The molecule has 0 saturated carbocycles. The summed E-state index contributed by atoms with van der Waals surface area (Å²) in [4.78, 5) is 23.9. The van der Waals surface area contributed by atoms with Crippen LogP contribution in [0.3, 0.4) is 0 Å². The Balaban J connectivity index is 1.93. The van der Waals surface area contributed by atoms with Crippen molar-refractivity contribution in [1.82, 2.24) is 9.88 Å². The normalized spacial score (nSPS) is 17.0. The van der Waals surface area contributed by atoms with E-state index in [-0.39, 0.29) is 11.6 Å². The summed E-state index contributed by atoms with van der Waals surface area (Å²) in [6.07, 6.45) is -0.467. The summed E-state index contributed by atoms with van der Waals surface area (Å²) in [7, 11) is 0. The van der Waals surface area contributed by atoms with Crippen molar-refractivity contribution in [3.8, 4) is 0 Å². The standard InChI is InChI=1S/C16H18N2O3/c1-16(2,3)21-15(20)17-12-9-18-13(19)8-7-10-5-4-6-11(12)14(10)18/h4-8,12H,9H2,1-3H3,(H,17,20). The van der Waals surface area contributed by atoms with E-state index in [1.807, 2.05) is 45.0 Å². The van der Waals surface area contributed by atoms with Gasteiger partial charge in [0.2, 0.25) is 0 Å². The van der Waals surface area contributed by atoms with Crippen molar-refractivity contribution in [2.75, 3.05) is 0 Å². The van der Waals surface area contributed by atoms with Gasteiger partial charge in [0, 0.05) is 11.6 Å². The molecule has 0 radical (unpaired) electrons. The molecule has 0 bridgehead atoms. The van der Waals surface area contributed by atoms with Crippen molar-refractivity contribution in [3.63, 3.8) is 0 Å². The van der Waals surface area contributed by atoms with Gasteiger partial charge >= 0.3 is 6.09 Å². The molecule has 1 aliphatic heterocycles. The summed E-state index contributed by atoms with van der Waals surface area (Å²) in [5, 5.41) is 3.85. The van der Waals surface area contributed by atoms with E-state index in [1.54, 1.807) is 10.6 Å². The van der Waals surface area contributed by atoms with Crippen LogP contribution in [0.15, 0.2) is 35.1 Å². The highest BCUT2D eigenvalue weighted by Crippen LogP contribution is 2.30. The lowest BCUT2D eigenvalue weighted by Gasteiger charge is -2.22. The first kappa shape index (κ1) is 13.7. The molecule has 110 valence electrons. The Morgan fingerprint density at radius 3 is 2.76 bits per heavy atom. The van der Waals surface area contributed by atoms with Crippen LogP contribution in [0.4, 0.5) is 4.79 Å². The van der Waals surface area contributed by atoms with E-state index in [0.29, 0.717) is 6.54 Å². The fourth-order valence-electron chi connectivity index (χ4n) is 2.70. The highest BCUT2D eigenvalue weighted by Gasteiger charge is 2.28. The van der Waals surface area contributed by atoms with Crippen LogP contribution < -0.4 is 10.9 Å². The molecule has 0 fully saturated rings. The lowest BCUT2D eigenvalue weighted by Crippen LogP contribution is -2.35. The number of carbonyl (C=O) groups is 1. The molecule has 1 unspecified atom stereocenters. The van der Waals surface area contributed by atoms with Crippen LogP contribution in [0, 0.1) is 0 Å². The molecule has 1 aromatic carbocycles. The van der Waals surface area contributed by atoms with Crippen LogP contribution in [0.2, 0.25) is 0 Å². The molecule has 1 atom stereocenters. The lowest BCUT2D eigenvalue weighted by atomic mass is 10.1. The number of rotatable bonds is 1. The minimum Gasteiger partial charge on any atom is -0.444 e. The van der Waals surface area contributed by atoms with E-state index >= 15 is 0 Å². The minimum absolute atomic E-state index is 0.0524. The molecule has 5 heteroatoms.